The fraction of sp³-hybridized carbons (Fsp3) is 0.111. The van der Waals surface area contributed by atoms with Crippen LogP contribution in [0.1, 0.15) is 16.2 Å². The van der Waals surface area contributed by atoms with Crippen LogP contribution in [0.5, 0.6) is 0 Å². The Labute approximate surface area is 99.6 Å². The maximum atomic E-state index is 11.6. The quantitative estimate of drug-likeness (QED) is 0.874. The minimum absolute atomic E-state index is 0.155. The van der Waals surface area contributed by atoms with Crippen molar-refractivity contribution in [3.8, 4) is 0 Å². The first-order valence-electron chi connectivity index (χ1n) is 4.45. The molecule has 16 heavy (non-hydrogen) atoms. The van der Waals surface area contributed by atoms with E-state index in [-0.39, 0.29) is 11.7 Å². The molecule has 0 spiro atoms. The lowest BCUT2D eigenvalue weighted by Crippen LogP contribution is -2.14. The Morgan fingerprint density at radius 1 is 1.50 bits per heavy atom. The lowest BCUT2D eigenvalue weighted by Gasteiger charge is -2.03. The van der Waals surface area contributed by atoms with E-state index < -0.39 is 0 Å². The molecule has 0 saturated heterocycles. The molecule has 0 aliphatic carbocycles. The van der Waals surface area contributed by atoms with Gasteiger partial charge in [-0.2, -0.15) is 5.10 Å². The summed E-state index contributed by atoms with van der Waals surface area (Å²) in [5.74, 6) is 0.260. The number of nitrogens with zero attached hydrogens (tertiary/aromatic N) is 3. The summed E-state index contributed by atoms with van der Waals surface area (Å²) in [6, 6.07) is 1.76. The van der Waals surface area contributed by atoms with Crippen molar-refractivity contribution in [2.24, 2.45) is 0 Å². The lowest BCUT2D eigenvalue weighted by atomic mass is 10.3. The molecule has 0 atom stereocenters. The molecule has 2 N–H and O–H groups in total. The molecule has 2 rings (SSSR count). The first-order chi connectivity index (χ1) is 7.66. The smallest absolute Gasteiger partial charge is 0.294 e. The average molecular weight is 282 g/mol. The highest BCUT2D eigenvalue weighted by Gasteiger charge is 2.09. The van der Waals surface area contributed by atoms with Gasteiger partial charge in [0.05, 0.1) is 0 Å². The Morgan fingerprint density at radius 2 is 2.31 bits per heavy atom. The highest BCUT2D eigenvalue weighted by Crippen LogP contribution is 2.17. The number of anilines is 1. The number of amides is 1. The van der Waals surface area contributed by atoms with Crippen LogP contribution in [0.15, 0.2) is 23.1 Å². The normalized spacial score (nSPS) is 10.1. The maximum Gasteiger partial charge on any atom is 0.294 e. The Morgan fingerprint density at radius 3 is 2.94 bits per heavy atom. The van der Waals surface area contributed by atoms with E-state index in [0.29, 0.717) is 5.82 Å². The Balaban J connectivity index is 2.15. The van der Waals surface area contributed by atoms with Gasteiger partial charge in [0.2, 0.25) is 5.82 Å². The van der Waals surface area contributed by atoms with Crippen molar-refractivity contribution < 1.29 is 4.79 Å². The fourth-order valence-electron chi connectivity index (χ4n) is 1.10. The van der Waals surface area contributed by atoms with Gasteiger partial charge in [-0.05, 0) is 34.5 Å². The van der Waals surface area contributed by atoms with Gasteiger partial charge in [0, 0.05) is 10.7 Å². The number of rotatable bonds is 2. The van der Waals surface area contributed by atoms with Gasteiger partial charge >= 0.3 is 0 Å². The van der Waals surface area contributed by atoms with Crippen LogP contribution >= 0.6 is 15.9 Å². The number of aromatic nitrogens is 4. The van der Waals surface area contributed by atoms with Gasteiger partial charge in [0.15, 0.2) is 0 Å². The third-order valence-electron chi connectivity index (χ3n) is 1.92. The monoisotopic (exact) mass is 281 g/mol. The van der Waals surface area contributed by atoms with Crippen molar-refractivity contribution in [1.29, 1.82) is 0 Å². The summed E-state index contributed by atoms with van der Waals surface area (Å²) in [4.78, 5) is 19.4. The van der Waals surface area contributed by atoms with Crippen LogP contribution in [-0.4, -0.2) is 26.1 Å². The number of aryl methyl sites for hydroxylation is 1. The van der Waals surface area contributed by atoms with E-state index >= 15 is 0 Å². The minimum atomic E-state index is -0.369. The van der Waals surface area contributed by atoms with Crippen LogP contribution in [0.2, 0.25) is 0 Å². The van der Waals surface area contributed by atoms with Crippen LogP contribution in [0.25, 0.3) is 0 Å². The number of halogens is 1. The zero-order valence-corrected chi connectivity index (χ0v) is 9.95. The number of hydrogen-bond donors (Lipinski definition) is 2. The van der Waals surface area contributed by atoms with Gasteiger partial charge in [-0.3, -0.25) is 9.89 Å². The molecular weight excluding hydrogens is 274 g/mol. The van der Waals surface area contributed by atoms with Gasteiger partial charge in [-0.1, -0.05) is 0 Å². The average Bonchev–Trinajstić information content (AvgIpc) is 2.77. The molecule has 0 bridgehead atoms. The standard InChI is InChI=1S/C9H8BrN5O/c1-5-2-7(11-3-6(5)10)14-9(16)8-12-4-13-15-8/h2-4H,1H3,(H,11,14,16)(H,12,13,15). The third kappa shape index (κ3) is 2.25. The van der Waals surface area contributed by atoms with Crippen LogP contribution in [0.4, 0.5) is 5.82 Å². The van der Waals surface area contributed by atoms with Crippen molar-refractivity contribution in [2.75, 3.05) is 5.32 Å². The number of carbonyl (C=O) groups is 1. The van der Waals surface area contributed by atoms with E-state index in [1.165, 1.54) is 6.33 Å². The minimum Gasteiger partial charge on any atom is -0.304 e. The number of pyridine rings is 1. The third-order valence-corrected chi connectivity index (χ3v) is 2.75. The number of H-pyrrole nitrogens is 1. The number of hydrogen-bond acceptors (Lipinski definition) is 4. The van der Waals surface area contributed by atoms with E-state index in [2.05, 4.69) is 41.4 Å². The predicted molar refractivity (Wildman–Crippen MR) is 61.0 cm³/mol. The molecular formula is C9H8BrN5O. The van der Waals surface area contributed by atoms with E-state index in [1.54, 1.807) is 12.3 Å². The highest BCUT2D eigenvalue weighted by atomic mass is 79.9. The topological polar surface area (TPSA) is 83.6 Å². The molecule has 1 amide bonds. The molecule has 0 fully saturated rings. The van der Waals surface area contributed by atoms with Crippen molar-refractivity contribution in [3.05, 3.63) is 34.5 Å². The lowest BCUT2D eigenvalue weighted by molar-refractivity contribution is 0.101. The summed E-state index contributed by atoms with van der Waals surface area (Å²) in [7, 11) is 0. The Hall–Kier alpha value is -1.76. The molecule has 6 nitrogen and oxygen atoms in total. The Bertz CT molecular complexity index is 511. The zero-order chi connectivity index (χ0) is 11.5. The number of nitrogens with one attached hydrogen (secondary N) is 2. The van der Waals surface area contributed by atoms with E-state index in [1.807, 2.05) is 6.92 Å². The second-order valence-corrected chi connectivity index (χ2v) is 3.96. The summed E-state index contributed by atoms with van der Waals surface area (Å²) in [6.07, 6.45) is 2.90. The van der Waals surface area contributed by atoms with Crippen LogP contribution in [-0.2, 0) is 0 Å². The Kier molecular flexibility index (Phi) is 2.95. The van der Waals surface area contributed by atoms with E-state index in [0.717, 1.165) is 10.0 Å². The fourth-order valence-corrected chi connectivity index (χ4v) is 1.31. The maximum absolute atomic E-state index is 11.6. The summed E-state index contributed by atoms with van der Waals surface area (Å²) in [5, 5.41) is 8.67. The van der Waals surface area contributed by atoms with Crippen LogP contribution < -0.4 is 5.32 Å². The largest absolute Gasteiger partial charge is 0.304 e. The van der Waals surface area contributed by atoms with Gasteiger partial charge in [0.1, 0.15) is 12.1 Å². The van der Waals surface area contributed by atoms with E-state index in [9.17, 15) is 4.79 Å². The van der Waals surface area contributed by atoms with Gasteiger partial charge in [-0.15, -0.1) is 0 Å². The van der Waals surface area contributed by atoms with Gasteiger partial charge in [-0.25, -0.2) is 9.97 Å². The summed E-state index contributed by atoms with van der Waals surface area (Å²) in [5.41, 5.74) is 0.989. The first-order valence-corrected chi connectivity index (χ1v) is 5.25. The SMILES string of the molecule is Cc1cc(NC(=O)c2ncn[nH]2)ncc1Br. The molecule has 82 valence electrons. The van der Waals surface area contributed by atoms with Gasteiger partial charge < -0.3 is 5.32 Å². The van der Waals surface area contributed by atoms with Crippen molar-refractivity contribution >= 4 is 27.7 Å². The van der Waals surface area contributed by atoms with Crippen molar-refractivity contribution in [1.82, 2.24) is 20.2 Å². The second-order valence-electron chi connectivity index (χ2n) is 3.11. The molecule has 0 unspecified atom stereocenters. The molecule has 7 heteroatoms. The van der Waals surface area contributed by atoms with E-state index in [4.69, 9.17) is 0 Å². The zero-order valence-electron chi connectivity index (χ0n) is 8.36. The molecule has 2 aromatic rings. The second kappa shape index (κ2) is 4.40. The summed E-state index contributed by atoms with van der Waals surface area (Å²) >= 11 is 3.33. The number of carbonyl (C=O) groups excluding carboxylic acids is 1. The van der Waals surface area contributed by atoms with Crippen molar-refractivity contribution in [2.45, 2.75) is 6.92 Å². The van der Waals surface area contributed by atoms with Crippen LogP contribution in [0.3, 0.4) is 0 Å². The molecule has 2 aromatic heterocycles. The molecule has 2 heterocycles. The molecule has 0 aromatic carbocycles. The summed E-state index contributed by atoms with van der Waals surface area (Å²) < 4.78 is 0.894. The molecule has 0 aliphatic heterocycles. The first kappa shape index (κ1) is 10.7. The predicted octanol–water partition coefficient (Wildman–Crippen LogP) is 1.52. The van der Waals surface area contributed by atoms with Crippen molar-refractivity contribution in [3.63, 3.8) is 0 Å². The summed E-state index contributed by atoms with van der Waals surface area (Å²) in [6.45, 7) is 1.91. The molecule has 0 aliphatic rings. The van der Waals surface area contributed by atoms with Gasteiger partial charge in [0.25, 0.3) is 5.91 Å². The van der Waals surface area contributed by atoms with Crippen LogP contribution in [0, 0.1) is 6.92 Å². The number of aromatic amines is 1. The highest BCUT2D eigenvalue weighted by molar-refractivity contribution is 9.10. The molecule has 0 saturated carbocycles. The molecule has 0 radical (unpaired) electrons.